The van der Waals surface area contributed by atoms with Gasteiger partial charge in [0.05, 0.1) is 0 Å². The number of carbonyl (C=O) groups is 1. The summed E-state index contributed by atoms with van der Waals surface area (Å²) in [7, 11) is 0. The molecule has 1 aromatic rings. The Balaban J connectivity index is 2.98. The van der Waals surface area contributed by atoms with Crippen molar-refractivity contribution in [3.05, 3.63) is 16.6 Å². The first-order valence-corrected chi connectivity index (χ1v) is 6.86. The maximum absolute atomic E-state index is 10.3. The predicted octanol–water partition coefficient (Wildman–Crippen LogP) is -0.0663. The SMILES string of the molecule is C[Se]c1[se]ccc1C=O. The molecule has 0 fully saturated rings. The zero-order valence-electron chi connectivity index (χ0n) is 4.96. The summed E-state index contributed by atoms with van der Waals surface area (Å²) in [5.41, 5.74) is 0.942. The van der Waals surface area contributed by atoms with Gasteiger partial charge in [0.1, 0.15) is 0 Å². The molecule has 0 amide bonds. The summed E-state index contributed by atoms with van der Waals surface area (Å²) >= 11 is 1.05. The third-order valence-corrected chi connectivity index (χ3v) is 6.62. The van der Waals surface area contributed by atoms with Crippen LogP contribution in [0, 0.1) is 0 Å². The van der Waals surface area contributed by atoms with E-state index in [1.807, 2.05) is 6.07 Å². The number of hydrogen-bond acceptors (Lipinski definition) is 1. The second kappa shape index (κ2) is 3.38. The van der Waals surface area contributed by atoms with Gasteiger partial charge in [0.15, 0.2) is 0 Å². The summed E-state index contributed by atoms with van der Waals surface area (Å²) in [4.78, 5) is 12.4. The number of rotatable bonds is 2. The molecule has 3 heteroatoms. The van der Waals surface area contributed by atoms with Gasteiger partial charge in [-0.25, -0.2) is 0 Å². The topological polar surface area (TPSA) is 17.1 Å². The number of aldehydes is 1. The summed E-state index contributed by atoms with van der Waals surface area (Å²) in [6.07, 6.45) is 0.964. The average Bonchev–Trinajstić information content (AvgIpc) is 2.33. The van der Waals surface area contributed by atoms with Crippen molar-refractivity contribution in [2.24, 2.45) is 0 Å². The van der Waals surface area contributed by atoms with Crippen LogP contribution in [0.1, 0.15) is 10.4 Å². The molecule has 0 unspecified atom stereocenters. The van der Waals surface area contributed by atoms with Crippen molar-refractivity contribution in [1.29, 1.82) is 0 Å². The fraction of sp³-hybridized carbons (Fsp3) is 0.167. The molecule has 0 bridgehead atoms. The average molecular weight is 252 g/mol. The van der Waals surface area contributed by atoms with Crippen LogP contribution in [0.5, 0.6) is 0 Å². The molecule has 0 aromatic carbocycles. The molecular formula is C6H6OSe2. The van der Waals surface area contributed by atoms with Crippen molar-refractivity contribution >= 4 is 39.1 Å². The molecule has 9 heavy (non-hydrogen) atoms. The van der Waals surface area contributed by atoms with Crippen molar-refractivity contribution in [2.75, 3.05) is 0 Å². The summed E-state index contributed by atoms with van der Waals surface area (Å²) in [5.74, 6) is 2.15. The van der Waals surface area contributed by atoms with Crippen LogP contribution in [0.2, 0.25) is 5.82 Å². The van der Waals surface area contributed by atoms with E-state index in [-0.39, 0.29) is 0 Å². The molecule has 0 saturated heterocycles. The van der Waals surface area contributed by atoms with E-state index in [1.165, 1.54) is 3.34 Å². The molecule has 0 radical (unpaired) electrons. The van der Waals surface area contributed by atoms with Crippen LogP contribution in [0.25, 0.3) is 0 Å². The fourth-order valence-electron chi connectivity index (χ4n) is 0.559. The molecule has 0 aliphatic carbocycles. The Kier molecular flexibility index (Phi) is 2.74. The standard InChI is InChI=1S/C6H6OSe2/c1-8-6-5(4-7)2-3-9-6/h2-4H,1H3. The van der Waals surface area contributed by atoms with Gasteiger partial charge >= 0.3 is 66.3 Å². The second-order valence-electron chi connectivity index (χ2n) is 1.49. The molecule has 0 saturated carbocycles. The first-order chi connectivity index (χ1) is 4.38. The minimum atomic E-state index is 0.505. The van der Waals surface area contributed by atoms with Crippen LogP contribution >= 0.6 is 0 Å². The Morgan fingerprint density at radius 1 is 1.78 bits per heavy atom. The molecule has 0 aliphatic heterocycles. The Hall–Kier alpha value is 0.189. The van der Waals surface area contributed by atoms with E-state index in [0.717, 1.165) is 11.8 Å². The van der Waals surface area contributed by atoms with Crippen LogP contribution in [0.3, 0.4) is 0 Å². The van der Waals surface area contributed by atoms with Gasteiger partial charge in [-0.2, -0.15) is 0 Å². The third-order valence-electron chi connectivity index (χ3n) is 0.971. The molecule has 0 N–H and O–H groups in total. The Bertz CT molecular complexity index is 205. The van der Waals surface area contributed by atoms with Crippen LogP contribution < -0.4 is 3.34 Å². The van der Waals surface area contributed by atoms with E-state index in [9.17, 15) is 4.79 Å². The molecule has 1 nitrogen and oxygen atoms in total. The molecule has 0 atom stereocenters. The minimum absolute atomic E-state index is 0.505. The van der Waals surface area contributed by atoms with Crippen molar-refractivity contribution in [3.8, 4) is 0 Å². The summed E-state index contributed by atoms with van der Waals surface area (Å²) in [6.45, 7) is 0. The first kappa shape index (κ1) is 7.30. The third kappa shape index (κ3) is 1.56. The first-order valence-electron chi connectivity index (χ1n) is 2.45. The molecule has 1 rings (SSSR count). The number of hydrogen-bond donors (Lipinski definition) is 0. The van der Waals surface area contributed by atoms with Gasteiger partial charge in [0.2, 0.25) is 0 Å². The zero-order valence-corrected chi connectivity index (χ0v) is 8.38. The van der Waals surface area contributed by atoms with E-state index in [1.54, 1.807) is 0 Å². The van der Waals surface area contributed by atoms with Crippen LogP contribution in [-0.4, -0.2) is 35.7 Å². The van der Waals surface area contributed by atoms with E-state index >= 15 is 0 Å². The van der Waals surface area contributed by atoms with Gasteiger partial charge < -0.3 is 0 Å². The summed E-state index contributed by atoms with van der Waals surface area (Å²) < 4.78 is 1.39. The Morgan fingerprint density at radius 3 is 3.00 bits per heavy atom. The van der Waals surface area contributed by atoms with E-state index < -0.39 is 0 Å². The Labute approximate surface area is 66.4 Å². The molecule has 1 heterocycles. The van der Waals surface area contributed by atoms with Gasteiger partial charge in [0.25, 0.3) is 0 Å². The van der Waals surface area contributed by atoms with Crippen molar-refractivity contribution in [1.82, 2.24) is 0 Å². The second-order valence-corrected chi connectivity index (χ2v) is 6.43. The van der Waals surface area contributed by atoms with Crippen molar-refractivity contribution in [2.45, 2.75) is 5.82 Å². The van der Waals surface area contributed by atoms with Crippen LogP contribution in [0.4, 0.5) is 0 Å². The molecule has 1 aromatic heterocycles. The van der Waals surface area contributed by atoms with E-state index in [0.29, 0.717) is 29.5 Å². The van der Waals surface area contributed by atoms with Crippen molar-refractivity contribution < 1.29 is 4.79 Å². The molecular weight excluding hydrogens is 246 g/mol. The van der Waals surface area contributed by atoms with Gasteiger partial charge in [-0.1, -0.05) is 0 Å². The van der Waals surface area contributed by atoms with Gasteiger partial charge in [0, 0.05) is 0 Å². The quantitative estimate of drug-likeness (QED) is 0.532. The molecule has 48 valence electrons. The van der Waals surface area contributed by atoms with Crippen LogP contribution in [-0.2, 0) is 0 Å². The summed E-state index contributed by atoms with van der Waals surface area (Å²) in [6, 6.07) is 1.94. The Morgan fingerprint density at radius 2 is 2.56 bits per heavy atom. The van der Waals surface area contributed by atoms with Crippen molar-refractivity contribution in [3.63, 3.8) is 0 Å². The molecule has 0 aliphatic rings. The molecule has 0 spiro atoms. The monoisotopic (exact) mass is 254 g/mol. The fourth-order valence-corrected chi connectivity index (χ4v) is 4.39. The number of carbonyl (C=O) groups excluding carboxylic acids is 1. The van der Waals surface area contributed by atoms with E-state index in [4.69, 9.17) is 0 Å². The van der Waals surface area contributed by atoms with Gasteiger partial charge in [-0.15, -0.1) is 0 Å². The zero-order chi connectivity index (χ0) is 6.69. The maximum atomic E-state index is 10.3. The predicted molar refractivity (Wildman–Crippen MR) is 40.0 cm³/mol. The van der Waals surface area contributed by atoms with Gasteiger partial charge in [-0.3, -0.25) is 0 Å². The van der Waals surface area contributed by atoms with Gasteiger partial charge in [-0.05, 0) is 0 Å². The van der Waals surface area contributed by atoms with E-state index in [2.05, 4.69) is 10.8 Å². The normalized spacial score (nSPS) is 9.44. The van der Waals surface area contributed by atoms with Crippen LogP contribution in [0.15, 0.2) is 11.0 Å². The summed E-state index contributed by atoms with van der Waals surface area (Å²) in [5, 5.41) is 0.